The Kier molecular flexibility index (Phi) is 3.42. The fourth-order valence-electron chi connectivity index (χ4n) is 3.14. The quantitative estimate of drug-likeness (QED) is 0.871. The maximum atomic E-state index is 12.3. The molecule has 0 radical (unpaired) electrons. The number of hydrogen-bond donors (Lipinski definition) is 2. The minimum atomic E-state index is 0.0492. The molecule has 2 N–H and O–H groups in total. The largest absolute Gasteiger partial charge is 0.493 e. The minimum absolute atomic E-state index is 0.0492. The first-order chi connectivity index (χ1) is 9.72. The van der Waals surface area contributed by atoms with E-state index in [-0.39, 0.29) is 17.9 Å². The van der Waals surface area contributed by atoms with Crippen LogP contribution in [-0.4, -0.2) is 26.2 Å². The molecule has 0 aromatic heterocycles. The summed E-state index contributed by atoms with van der Waals surface area (Å²) in [6, 6.07) is 3.92. The van der Waals surface area contributed by atoms with E-state index in [2.05, 4.69) is 10.6 Å². The first-order valence-corrected chi connectivity index (χ1v) is 7.06. The summed E-state index contributed by atoms with van der Waals surface area (Å²) in [7, 11) is 3.21. The average Bonchev–Trinajstić information content (AvgIpc) is 2.61. The van der Waals surface area contributed by atoms with Crippen LogP contribution in [0.2, 0.25) is 0 Å². The third kappa shape index (κ3) is 2.17. The Morgan fingerprint density at radius 2 is 1.70 bits per heavy atom. The Labute approximate surface area is 118 Å². The molecule has 20 heavy (non-hydrogen) atoms. The van der Waals surface area contributed by atoms with Gasteiger partial charge in [0.1, 0.15) is 0 Å². The molecule has 5 heteroatoms. The topological polar surface area (TPSA) is 59.6 Å². The van der Waals surface area contributed by atoms with E-state index in [4.69, 9.17) is 9.47 Å². The Morgan fingerprint density at radius 1 is 1.05 bits per heavy atom. The van der Waals surface area contributed by atoms with E-state index in [0.29, 0.717) is 11.5 Å². The van der Waals surface area contributed by atoms with Gasteiger partial charge in [0.05, 0.1) is 31.5 Å². The van der Waals surface area contributed by atoms with Crippen LogP contribution in [0, 0.1) is 5.92 Å². The number of carbonyl (C=O) groups excluding carboxylic acids is 1. The first kappa shape index (κ1) is 13.1. The second-order valence-corrected chi connectivity index (χ2v) is 5.38. The molecule has 1 fully saturated rings. The maximum Gasteiger partial charge on any atom is 0.229 e. The molecule has 1 saturated carbocycles. The molecule has 108 valence electrons. The van der Waals surface area contributed by atoms with Crippen LogP contribution in [0.5, 0.6) is 11.5 Å². The molecule has 0 saturated heterocycles. The normalized spacial score (nSPS) is 24.6. The average molecular weight is 276 g/mol. The van der Waals surface area contributed by atoms with Crippen molar-refractivity contribution in [2.24, 2.45) is 5.92 Å². The summed E-state index contributed by atoms with van der Waals surface area (Å²) < 4.78 is 10.6. The molecule has 1 heterocycles. The van der Waals surface area contributed by atoms with Crippen LogP contribution < -0.4 is 20.1 Å². The number of amides is 1. The van der Waals surface area contributed by atoms with Crippen molar-refractivity contribution in [2.75, 3.05) is 24.9 Å². The van der Waals surface area contributed by atoms with Gasteiger partial charge >= 0.3 is 0 Å². The van der Waals surface area contributed by atoms with Crippen LogP contribution in [0.3, 0.4) is 0 Å². The lowest BCUT2D eigenvalue weighted by molar-refractivity contribution is -0.120. The Morgan fingerprint density at radius 3 is 2.40 bits per heavy atom. The number of carbonyl (C=O) groups is 1. The zero-order valence-electron chi connectivity index (χ0n) is 11.9. The number of hydrogen-bond acceptors (Lipinski definition) is 4. The third-order valence-corrected chi connectivity index (χ3v) is 4.23. The van der Waals surface area contributed by atoms with E-state index < -0.39 is 0 Å². The van der Waals surface area contributed by atoms with Crippen LogP contribution in [0.1, 0.15) is 25.7 Å². The predicted molar refractivity (Wildman–Crippen MR) is 77.5 cm³/mol. The summed E-state index contributed by atoms with van der Waals surface area (Å²) in [5, 5.41) is 6.51. The van der Waals surface area contributed by atoms with Gasteiger partial charge in [-0.3, -0.25) is 4.79 Å². The van der Waals surface area contributed by atoms with Gasteiger partial charge in [0.25, 0.3) is 0 Å². The highest BCUT2D eigenvalue weighted by Gasteiger charge is 2.34. The highest BCUT2D eigenvalue weighted by Crippen LogP contribution is 2.40. The third-order valence-electron chi connectivity index (χ3n) is 4.23. The highest BCUT2D eigenvalue weighted by molar-refractivity contribution is 5.98. The molecule has 0 bridgehead atoms. The number of anilines is 2. The number of nitrogens with one attached hydrogen (secondary N) is 2. The highest BCUT2D eigenvalue weighted by atomic mass is 16.5. The van der Waals surface area contributed by atoms with E-state index in [9.17, 15) is 4.79 Å². The summed E-state index contributed by atoms with van der Waals surface area (Å²) in [5.74, 6) is 1.45. The fourth-order valence-corrected chi connectivity index (χ4v) is 3.14. The van der Waals surface area contributed by atoms with Gasteiger partial charge in [0.15, 0.2) is 11.5 Å². The fraction of sp³-hybridized carbons (Fsp3) is 0.533. The lowest BCUT2D eigenvalue weighted by atomic mass is 9.84. The van der Waals surface area contributed by atoms with Crippen molar-refractivity contribution in [1.29, 1.82) is 0 Å². The van der Waals surface area contributed by atoms with Crippen LogP contribution in [0.4, 0.5) is 11.4 Å². The van der Waals surface area contributed by atoms with Gasteiger partial charge in [-0.25, -0.2) is 0 Å². The molecule has 3 rings (SSSR count). The molecular weight excluding hydrogens is 256 g/mol. The molecule has 1 aromatic carbocycles. The molecule has 1 aromatic rings. The molecule has 2 atom stereocenters. The number of methoxy groups -OCH3 is 2. The zero-order valence-corrected chi connectivity index (χ0v) is 11.9. The summed E-state index contributed by atoms with van der Waals surface area (Å²) in [5.41, 5.74) is 1.67. The Balaban J connectivity index is 2.00. The second kappa shape index (κ2) is 5.23. The van der Waals surface area contributed by atoms with Gasteiger partial charge in [-0.1, -0.05) is 12.8 Å². The van der Waals surface area contributed by atoms with Crippen molar-refractivity contribution in [2.45, 2.75) is 31.7 Å². The predicted octanol–water partition coefficient (Wildman–Crippen LogP) is 2.63. The lowest BCUT2D eigenvalue weighted by Gasteiger charge is -2.29. The van der Waals surface area contributed by atoms with Crippen molar-refractivity contribution in [3.8, 4) is 11.5 Å². The van der Waals surface area contributed by atoms with Gasteiger partial charge in [0, 0.05) is 18.2 Å². The maximum absolute atomic E-state index is 12.3. The smallest absolute Gasteiger partial charge is 0.229 e. The van der Waals surface area contributed by atoms with E-state index in [1.165, 1.54) is 6.42 Å². The molecule has 5 nitrogen and oxygen atoms in total. The molecule has 1 amide bonds. The van der Waals surface area contributed by atoms with E-state index in [1.54, 1.807) is 14.2 Å². The van der Waals surface area contributed by atoms with Crippen molar-refractivity contribution in [1.82, 2.24) is 0 Å². The summed E-state index contributed by atoms with van der Waals surface area (Å²) in [6.45, 7) is 0. The monoisotopic (exact) mass is 276 g/mol. The van der Waals surface area contributed by atoms with E-state index in [0.717, 1.165) is 30.6 Å². The van der Waals surface area contributed by atoms with Gasteiger partial charge in [0.2, 0.25) is 5.91 Å². The number of ether oxygens (including phenoxy) is 2. The number of fused-ring (bicyclic) bond motifs is 2. The van der Waals surface area contributed by atoms with Gasteiger partial charge in [-0.05, 0) is 12.8 Å². The Bertz CT molecular complexity index is 530. The standard InChI is InChI=1S/C15H20N2O3/c1-19-13-7-11-12(8-14(13)20-2)17-15(18)9-5-3-4-6-10(9)16-11/h7-10,16H,3-6H2,1-2H3,(H,17,18). The number of rotatable bonds is 2. The zero-order chi connectivity index (χ0) is 14.1. The van der Waals surface area contributed by atoms with Gasteiger partial charge in [-0.2, -0.15) is 0 Å². The van der Waals surface area contributed by atoms with E-state index in [1.807, 2.05) is 12.1 Å². The summed E-state index contributed by atoms with van der Waals surface area (Å²) >= 11 is 0. The SMILES string of the molecule is COc1cc2c(cc1OC)NC1CCCCC1C(=O)N2. The van der Waals surface area contributed by atoms with E-state index >= 15 is 0 Å². The Hall–Kier alpha value is -1.91. The molecule has 1 aliphatic carbocycles. The molecule has 2 unspecified atom stereocenters. The van der Waals surface area contributed by atoms with Crippen molar-refractivity contribution in [3.05, 3.63) is 12.1 Å². The van der Waals surface area contributed by atoms with Crippen molar-refractivity contribution < 1.29 is 14.3 Å². The van der Waals surface area contributed by atoms with Crippen LogP contribution >= 0.6 is 0 Å². The number of benzene rings is 1. The van der Waals surface area contributed by atoms with Gasteiger partial charge < -0.3 is 20.1 Å². The first-order valence-electron chi connectivity index (χ1n) is 7.06. The molecular formula is C15H20N2O3. The van der Waals surface area contributed by atoms with Gasteiger partial charge in [-0.15, -0.1) is 0 Å². The van der Waals surface area contributed by atoms with Crippen molar-refractivity contribution in [3.63, 3.8) is 0 Å². The summed E-state index contributed by atoms with van der Waals surface area (Å²) in [6.07, 6.45) is 4.28. The van der Waals surface area contributed by atoms with Crippen molar-refractivity contribution >= 4 is 17.3 Å². The van der Waals surface area contributed by atoms with Crippen LogP contribution in [0.15, 0.2) is 12.1 Å². The minimum Gasteiger partial charge on any atom is -0.493 e. The summed E-state index contributed by atoms with van der Waals surface area (Å²) in [4.78, 5) is 12.3. The van der Waals surface area contributed by atoms with Crippen LogP contribution in [0.25, 0.3) is 0 Å². The molecule has 0 spiro atoms. The lowest BCUT2D eigenvalue weighted by Crippen LogP contribution is -2.37. The molecule has 2 aliphatic rings. The van der Waals surface area contributed by atoms with Crippen LogP contribution in [-0.2, 0) is 4.79 Å². The molecule has 1 aliphatic heterocycles. The second-order valence-electron chi connectivity index (χ2n) is 5.38.